The second-order valence-corrected chi connectivity index (χ2v) is 5.68. The second-order valence-electron chi connectivity index (χ2n) is 5.34. The first-order valence-electron chi connectivity index (χ1n) is 7.03. The lowest BCUT2D eigenvalue weighted by Crippen LogP contribution is -2.46. The van der Waals surface area contributed by atoms with Crippen LogP contribution < -0.4 is 4.90 Å². The van der Waals surface area contributed by atoms with Gasteiger partial charge in [-0.15, -0.1) is 0 Å². The van der Waals surface area contributed by atoms with E-state index in [0.29, 0.717) is 12.1 Å². The smallest absolute Gasteiger partial charge is 0.226 e. The van der Waals surface area contributed by atoms with Crippen molar-refractivity contribution < 1.29 is 4.74 Å². The van der Waals surface area contributed by atoms with Gasteiger partial charge in [-0.25, -0.2) is 4.68 Å². The third-order valence-corrected chi connectivity index (χ3v) is 4.40. The van der Waals surface area contributed by atoms with E-state index in [4.69, 9.17) is 16.3 Å². The van der Waals surface area contributed by atoms with Crippen molar-refractivity contribution in [2.24, 2.45) is 0 Å². The van der Waals surface area contributed by atoms with Gasteiger partial charge >= 0.3 is 0 Å². The molecule has 0 N–H and O–H groups in total. The average Bonchev–Trinajstić information content (AvgIpc) is 2.96. The molecule has 0 saturated carbocycles. The molecule has 4 heterocycles. The van der Waals surface area contributed by atoms with Gasteiger partial charge in [-0.3, -0.25) is 0 Å². The average molecular weight is 294 g/mol. The van der Waals surface area contributed by atoms with E-state index in [-0.39, 0.29) is 5.28 Å². The molecule has 6 nitrogen and oxygen atoms in total. The summed E-state index contributed by atoms with van der Waals surface area (Å²) >= 11 is 6.12. The number of aryl methyl sites for hydroxylation is 1. The minimum Gasteiger partial charge on any atom is -0.377 e. The Kier molecular flexibility index (Phi) is 2.82. The molecule has 2 aliphatic rings. The number of anilines is 1. The Morgan fingerprint density at radius 1 is 1.30 bits per heavy atom. The third kappa shape index (κ3) is 1.71. The van der Waals surface area contributed by atoms with Gasteiger partial charge in [0.25, 0.3) is 0 Å². The van der Waals surface area contributed by atoms with Gasteiger partial charge in [-0.05, 0) is 31.4 Å². The van der Waals surface area contributed by atoms with Crippen LogP contribution in [0.1, 0.15) is 19.8 Å². The molecular weight excluding hydrogens is 278 g/mol. The van der Waals surface area contributed by atoms with E-state index < -0.39 is 0 Å². The van der Waals surface area contributed by atoms with Crippen molar-refractivity contribution >= 4 is 28.5 Å². The van der Waals surface area contributed by atoms with Crippen LogP contribution in [0.4, 0.5) is 5.82 Å². The molecule has 4 rings (SSSR count). The summed E-state index contributed by atoms with van der Waals surface area (Å²) in [5.41, 5.74) is 0.813. The van der Waals surface area contributed by atoms with Crippen molar-refractivity contribution in [2.45, 2.75) is 38.4 Å². The van der Waals surface area contributed by atoms with Gasteiger partial charge in [-0.2, -0.15) is 15.1 Å². The molecule has 0 amide bonds. The number of aromatic nitrogens is 4. The molecule has 20 heavy (non-hydrogen) atoms. The molecule has 2 bridgehead atoms. The van der Waals surface area contributed by atoms with Crippen molar-refractivity contribution in [3.8, 4) is 0 Å². The Bertz CT molecular complexity index is 641. The standard InChI is InChI=1S/C13H16ClN5O/c1-2-18-11-10(5-15-18)12(17-13(14)16-11)19-8-3-4-9(19)7-20-6-8/h5,8-9H,2-4,6-7H2,1H3. The lowest BCUT2D eigenvalue weighted by atomic mass is 10.2. The number of rotatable bonds is 2. The number of halogens is 1. The monoisotopic (exact) mass is 293 g/mol. The van der Waals surface area contributed by atoms with Gasteiger partial charge in [0.1, 0.15) is 5.82 Å². The lowest BCUT2D eigenvalue weighted by molar-refractivity contribution is 0.0904. The topological polar surface area (TPSA) is 56.1 Å². The van der Waals surface area contributed by atoms with E-state index in [0.717, 1.165) is 49.5 Å². The Morgan fingerprint density at radius 2 is 2.05 bits per heavy atom. The molecule has 0 aromatic carbocycles. The summed E-state index contributed by atoms with van der Waals surface area (Å²) in [5.74, 6) is 0.913. The van der Waals surface area contributed by atoms with Gasteiger partial charge in [0.2, 0.25) is 5.28 Å². The maximum atomic E-state index is 6.12. The number of ether oxygens (including phenoxy) is 1. The Morgan fingerprint density at radius 3 is 2.75 bits per heavy atom. The molecule has 2 aromatic heterocycles. The zero-order valence-electron chi connectivity index (χ0n) is 11.3. The highest BCUT2D eigenvalue weighted by Crippen LogP contribution is 2.36. The Balaban J connectivity index is 1.89. The SMILES string of the molecule is CCn1ncc2c(N3C4CCC3COC4)nc(Cl)nc21. The van der Waals surface area contributed by atoms with Crippen LogP contribution in [0.2, 0.25) is 5.28 Å². The molecular formula is C13H16ClN5O. The van der Waals surface area contributed by atoms with Crippen molar-refractivity contribution in [1.29, 1.82) is 0 Å². The molecule has 0 aliphatic carbocycles. The van der Waals surface area contributed by atoms with Gasteiger partial charge in [-0.1, -0.05) is 0 Å². The highest BCUT2D eigenvalue weighted by molar-refractivity contribution is 6.28. The number of hydrogen-bond acceptors (Lipinski definition) is 5. The highest BCUT2D eigenvalue weighted by atomic mass is 35.5. The molecule has 2 saturated heterocycles. The van der Waals surface area contributed by atoms with Crippen LogP contribution in [0.3, 0.4) is 0 Å². The van der Waals surface area contributed by atoms with Gasteiger partial charge in [0.05, 0.1) is 36.9 Å². The molecule has 2 aromatic rings. The van der Waals surface area contributed by atoms with E-state index in [1.54, 1.807) is 0 Å². The zero-order valence-corrected chi connectivity index (χ0v) is 12.0. The summed E-state index contributed by atoms with van der Waals surface area (Å²) in [6, 6.07) is 0.792. The highest BCUT2D eigenvalue weighted by Gasteiger charge is 2.39. The third-order valence-electron chi connectivity index (χ3n) is 4.23. The van der Waals surface area contributed by atoms with E-state index >= 15 is 0 Å². The second kappa shape index (κ2) is 4.56. The fourth-order valence-corrected chi connectivity index (χ4v) is 3.48. The Hall–Kier alpha value is -1.40. The molecule has 106 valence electrons. The summed E-state index contributed by atoms with van der Waals surface area (Å²) in [5, 5.41) is 5.65. The van der Waals surface area contributed by atoms with Gasteiger partial charge in [0, 0.05) is 6.54 Å². The lowest BCUT2D eigenvalue weighted by Gasteiger charge is -2.35. The summed E-state index contributed by atoms with van der Waals surface area (Å²) in [4.78, 5) is 11.2. The first-order valence-corrected chi connectivity index (χ1v) is 7.41. The first-order chi connectivity index (χ1) is 9.78. The maximum Gasteiger partial charge on any atom is 0.226 e. The number of fused-ring (bicyclic) bond motifs is 3. The normalized spacial score (nSPS) is 25.6. The van der Waals surface area contributed by atoms with Crippen LogP contribution >= 0.6 is 11.6 Å². The minimum atomic E-state index is 0.286. The molecule has 7 heteroatoms. The summed E-state index contributed by atoms with van der Waals surface area (Å²) in [7, 11) is 0. The molecule has 2 atom stereocenters. The van der Waals surface area contributed by atoms with Crippen molar-refractivity contribution in [3.05, 3.63) is 11.5 Å². The van der Waals surface area contributed by atoms with E-state index in [1.807, 2.05) is 17.8 Å². The molecule has 2 fully saturated rings. The first kappa shape index (κ1) is 12.3. The van der Waals surface area contributed by atoms with E-state index in [2.05, 4.69) is 20.0 Å². The summed E-state index contributed by atoms with van der Waals surface area (Å²) < 4.78 is 7.49. The zero-order chi connectivity index (χ0) is 13.7. The fourth-order valence-electron chi connectivity index (χ4n) is 3.32. The number of morpholine rings is 1. The van der Waals surface area contributed by atoms with Crippen LogP contribution in [0.15, 0.2) is 6.20 Å². The van der Waals surface area contributed by atoms with Crippen molar-refractivity contribution in [3.63, 3.8) is 0 Å². The van der Waals surface area contributed by atoms with E-state index in [1.165, 1.54) is 0 Å². The molecule has 2 aliphatic heterocycles. The van der Waals surface area contributed by atoms with Crippen molar-refractivity contribution in [2.75, 3.05) is 18.1 Å². The van der Waals surface area contributed by atoms with Crippen molar-refractivity contribution in [1.82, 2.24) is 19.7 Å². The molecule has 2 unspecified atom stereocenters. The van der Waals surface area contributed by atoms with Gasteiger partial charge in [0.15, 0.2) is 5.65 Å². The predicted octanol–water partition coefficient (Wildman–Crippen LogP) is 1.87. The van der Waals surface area contributed by atoms with Crippen LogP contribution in [0, 0.1) is 0 Å². The van der Waals surface area contributed by atoms with Crippen LogP contribution in [0.5, 0.6) is 0 Å². The largest absolute Gasteiger partial charge is 0.377 e. The summed E-state index contributed by atoms with van der Waals surface area (Å²) in [6.07, 6.45) is 4.14. The van der Waals surface area contributed by atoms with Crippen LogP contribution in [-0.4, -0.2) is 45.0 Å². The summed E-state index contributed by atoms with van der Waals surface area (Å²) in [6.45, 7) is 4.34. The molecule has 0 radical (unpaired) electrons. The fraction of sp³-hybridized carbons (Fsp3) is 0.615. The number of nitrogens with zero attached hydrogens (tertiary/aromatic N) is 5. The quantitative estimate of drug-likeness (QED) is 0.791. The minimum absolute atomic E-state index is 0.286. The maximum absolute atomic E-state index is 6.12. The van der Waals surface area contributed by atoms with Crippen LogP contribution in [-0.2, 0) is 11.3 Å². The van der Waals surface area contributed by atoms with Gasteiger partial charge < -0.3 is 9.64 Å². The number of hydrogen-bond donors (Lipinski definition) is 0. The molecule has 0 spiro atoms. The Labute approximate surface area is 121 Å². The van der Waals surface area contributed by atoms with E-state index in [9.17, 15) is 0 Å². The predicted molar refractivity (Wildman–Crippen MR) is 76.1 cm³/mol. The van der Waals surface area contributed by atoms with Crippen LogP contribution in [0.25, 0.3) is 11.0 Å².